The molecule has 4 heteroatoms. The molecule has 0 bridgehead atoms. The van der Waals surface area contributed by atoms with Crippen molar-refractivity contribution >= 4 is 27.8 Å². The molecule has 0 N–H and O–H groups in total. The molecule has 3 aromatic rings. The first kappa shape index (κ1) is 17.0. The predicted octanol–water partition coefficient (Wildman–Crippen LogP) is -1.64. The van der Waals surface area contributed by atoms with E-state index in [-0.39, 0.29) is 24.8 Å². The van der Waals surface area contributed by atoms with Gasteiger partial charge in [-0.15, -0.1) is 0 Å². The zero-order valence-electron chi connectivity index (χ0n) is 11.2. The zero-order valence-corrected chi connectivity index (χ0v) is 16.2. The number of hydrogen-bond donors (Lipinski definition) is 0. The number of hydrogen-bond acceptors (Lipinski definition) is 0. The summed E-state index contributed by atoms with van der Waals surface area (Å²) in [6.07, 6.45) is 4.75. The third-order valence-corrected chi connectivity index (χ3v) is 9.68. The summed E-state index contributed by atoms with van der Waals surface area (Å²) in [5.41, 5.74) is 3.00. The Morgan fingerprint density at radius 3 is 2.52 bits per heavy atom. The standard InChI is InChI=1S/C9H7.C8H6P.2ClH.Zr/c1-2-5-9-7-3-6-8(9)4-1;1-2-4-8-7(3-1)5-6-9-8;;;/h1-7H;1-5,9H;2*1H;/q;;;;+2/p-2. The van der Waals surface area contributed by atoms with Crippen LogP contribution in [0, 0.1) is 0 Å². The van der Waals surface area contributed by atoms with E-state index in [0.29, 0.717) is 0 Å². The van der Waals surface area contributed by atoms with Gasteiger partial charge in [0, 0.05) is 0 Å². The first-order valence-corrected chi connectivity index (χ1v) is 10.2. The minimum Gasteiger partial charge on any atom is -1.00 e. The van der Waals surface area contributed by atoms with Gasteiger partial charge in [-0.1, -0.05) is 0 Å². The van der Waals surface area contributed by atoms with Crippen LogP contribution >= 0.6 is 8.19 Å². The summed E-state index contributed by atoms with van der Waals surface area (Å²) in [5.74, 6) is 0. The van der Waals surface area contributed by atoms with Gasteiger partial charge in [0.25, 0.3) is 0 Å². The topological polar surface area (TPSA) is 0 Å². The number of halogens is 2. The predicted molar refractivity (Wildman–Crippen MR) is 81.3 cm³/mol. The zero-order chi connectivity index (χ0) is 12.7. The van der Waals surface area contributed by atoms with Gasteiger partial charge in [0.1, 0.15) is 0 Å². The van der Waals surface area contributed by atoms with Gasteiger partial charge in [-0.2, -0.15) is 0 Å². The number of allylic oxidation sites excluding steroid dienone is 1. The van der Waals surface area contributed by atoms with E-state index in [9.17, 15) is 0 Å². The third-order valence-electron chi connectivity index (χ3n) is 3.64. The first-order chi connectivity index (χ1) is 9.40. The summed E-state index contributed by atoms with van der Waals surface area (Å²) in [6.45, 7) is 0. The maximum Gasteiger partial charge on any atom is -1.00 e. The molecule has 1 aliphatic carbocycles. The van der Waals surface area contributed by atoms with E-state index in [1.165, 1.54) is 10.9 Å². The smallest absolute Gasteiger partial charge is 1.00 e. The molecule has 2 aromatic carbocycles. The second-order valence-electron chi connectivity index (χ2n) is 4.88. The molecule has 104 valence electrons. The minimum atomic E-state index is -0.533. The van der Waals surface area contributed by atoms with Crippen molar-refractivity contribution in [3.63, 3.8) is 0 Å². The van der Waals surface area contributed by atoms with Crippen molar-refractivity contribution in [1.82, 2.24) is 0 Å². The molecule has 0 nitrogen and oxygen atoms in total. The average molecular weight is 410 g/mol. The fourth-order valence-electron chi connectivity index (χ4n) is 2.69. The Morgan fingerprint density at radius 2 is 1.67 bits per heavy atom. The molecule has 0 amide bonds. The molecule has 4 rings (SSSR count). The van der Waals surface area contributed by atoms with Gasteiger partial charge >= 0.3 is 126 Å². The van der Waals surface area contributed by atoms with E-state index in [0.717, 1.165) is 11.8 Å². The summed E-state index contributed by atoms with van der Waals surface area (Å²) >= 11 is -0.533. The van der Waals surface area contributed by atoms with Crippen LogP contribution in [-0.2, 0) is 23.2 Å². The second-order valence-corrected chi connectivity index (χ2v) is 11.0. The fraction of sp³-hybridized carbons (Fsp3) is 0.0588. The second kappa shape index (κ2) is 7.30. The summed E-state index contributed by atoms with van der Waals surface area (Å²) in [4.78, 5) is 0. The van der Waals surface area contributed by atoms with Crippen LogP contribution in [-0.4, -0.2) is 0 Å². The number of fused-ring (bicyclic) bond motifs is 2. The van der Waals surface area contributed by atoms with E-state index < -0.39 is 23.2 Å². The molecule has 0 spiro atoms. The van der Waals surface area contributed by atoms with E-state index in [4.69, 9.17) is 0 Å². The van der Waals surface area contributed by atoms with Crippen molar-refractivity contribution in [3.8, 4) is 0 Å². The van der Waals surface area contributed by atoms with Crippen molar-refractivity contribution < 1.29 is 48.0 Å². The Bertz CT molecular complexity index is 746. The molecule has 2 atom stereocenters. The van der Waals surface area contributed by atoms with Gasteiger partial charge in [0.15, 0.2) is 0 Å². The Kier molecular flexibility index (Phi) is 5.92. The van der Waals surface area contributed by atoms with E-state index in [1.807, 2.05) is 0 Å². The van der Waals surface area contributed by atoms with Gasteiger partial charge in [-0.3, -0.25) is 0 Å². The largest absolute Gasteiger partial charge is 1.00 e. The van der Waals surface area contributed by atoms with Crippen LogP contribution in [0.4, 0.5) is 0 Å². The summed E-state index contributed by atoms with van der Waals surface area (Å²) in [5, 5.41) is 3.01. The summed E-state index contributed by atoms with van der Waals surface area (Å²) < 4.78 is 2.50. The maximum absolute atomic E-state index is 2.47. The van der Waals surface area contributed by atoms with Gasteiger partial charge in [-0.25, -0.2) is 0 Å². The molecule has 1 heterocycles. The molecule has 2 unspecified atom stereocenters. The molecule has 1 aromatic heterocycles. The van der Waals surface area contributed by atoms with Crippen LogP contribution in [0.2, 0.25) is 0 Å². The monoisotopic (exact) mass is 408 g/mol. The van der Waals surface area contributed by atoms with Crippen LogP contribution in [0.3, 0.4) is 0 Å². The molecular weight excluding hydrogens is 397 g/mol. The third kappa shape index (κ3) is 3.38. The normalized spacial score (nSPS) is 15.3. The molecule has 0 saturated heterocycles. The van der Waals surface area contributed by atoms with Gasteiger partial charge in [0.2, 0.25) is 0 Å². The molecule has 21 heavy (non-hydrogen) atoms. The minimum absolute atomic E-state index is 0. The van der Waals surface area contributed by atoms with Crippen molar-refractivity contribution in [2.45, 2.75) is 3.63 Å². The fourth-order valence-corrected chi connectivity index (χ4v) is 9.12. The Balaban J connectivity index is 0.000000807. The van der Waals surface area contributed by atoms with Crippen molar-refractivity contribution in [2.24, 2.45) is 0 Å². The van der Waals surface area contributed by atoms with Crippen LogP contribution in [0.15, 0.2) is 60.7 Å². The molecule has 0 radical (unpaired) electrons. The number of benzene rings is 2. The Hall–Kier alpha value is -0.317. The number of rotatable bonds is 2. The molecular formula is C17H13Cl2PZr. The van der Waals surface area contributed by atoms with E-state index in [2.05, 4.69) is 66.7 Å². The van der Waals surface area contributed by atoms with E-state index >= 15 is 0 Å². The Labute approximate surface area is 150 Å². The van der Waals surface area contributed by atoms with Crippen LogP contribution in [0.1, 0.15) is 14.8 Å². The van der Waals surface area contributed by atoms with Crippen molar-refractivity contribution in [2.75, 3.05) is 0 Å². The van der Waals surface area contributed by atoms with Gasteiger partial charge in [0.05, 0.1) is 0 Å². The quantitative estimate of drug-likeness (QED) is 0.476. The van der Waals surface area contributed by atoms with E-state index in [1.54, 1.807) is 13.7 Å². The molecule has 0 fully saturated rings. The van der Waals surface area contributed by atoms with Crippen LogP contribution in [0.5, 0.6) is 0 Å². The first-order valence-electron chi connectivity index (χ1n) is 6.51. The molecule has 0 aliphatic heterocycles. The molecule has 0 saturated carbocycles. The van der Waals surface area contributed by atoms with Gasteiger partial charge in [-0.05, 0) is 0 Å². The maximum atomic E-state index is 2.47. The van der Waals surface area contributed by atoms with Crippen LogP contribution < -0.4 is 27.8 Å². The summed E-state index contributed by atoms with van der Waals surface area (Å²) in [6, 6.07) is 20.2. The SMILES string of the molecule is C1=C[CH]([Zr+2][c]2cc3ccccc3[pH]2)c2ccccc21.[Cl-].[Cl-]. The van der Waals surface area contributed by atoms with Crippen molar-refractivity contribution in [3.05, 3.63) is 71.8 Å². The molecule has 1 aliphatic rings. The van der Waals surface area contributed by atoms with Gasteiger partial charge < -0.3 is 24.8 Å². The Morgan fingerprint density at radius 1 is 0.905 bits per heavy atom. The summed E-state index contributed by atoms with van der Waals surface area (Å²) in [7, 11) is 0.937. The van der Waals surface area contributed by atoms with Crippen LogP contribution in [0.25, 0.3) is 16.6 Å². The van der Waals surface area contributed by atoms with Crippen molar-refractivity contribution in [1.29, 1.82) is 0 Å². The average Bonchev–Trinajstić information content (AvgIpc) is 3.03.